The third kappa shape index (κ3) is 5.39. The molecule has 8 heteroatoms. The maximum Gasteiger partial charge on any atom is 0.326 e. The third-order valence-electron chi connectivity index (χ3n) is 5.67. The third-order valence-corrected chi connectivity index (χ3v) is 5.67. The van der Waals surface area contributed by atoms with Crippen molar-refractivity contribution in [2.45, 2.75) is 53.5 Å². The smallest absolute Gasteiger partial charge is 0.326 e. The zero-order valence-corrected chi connectivity index (χ0v) is 20.3. The predicted molar refractivity (Wildman–Crippen MR) is 131 cm³/mol. The first-order valence-electron chi connectivity index (χ1n) is 11.2. The summed E-state index contributed by atoms with van der Waals surface area (Å²) in [5, 5.41) is 15.1. The number of H-pyrrole nitrogens is 1. The second-order valence-corrected chi connectivity index (χ2v) is 9.13. The number of aromatic amines is 1. The lowest BCUT2D eigenvalue weighted by Crippen LogP contribution is -2.48. The van der Waals surface area contributed by atoms with Crippen molar-refractivity contribution < 1.29 is 24.2 Å². The summed E-state index contributed by atoms with van der Waals surface area (Å²) in [5.41, 5.74) is 4.23. The standard InChI is InChI=1S/C26H31N3O5/c1-13(2)20-12-27-21-8-7-18(11-19(20)21)34-23-15(5)9-17(10-16(23)6)28-24(30)25(31)29-22(14(3)4)26(32)33/h7-14,22,27H,1-6H3,(H,28,30)(H,29,31)(H,32,33). The Bertz CT molecular complexity index is 1220. The van der Waals surface area contributed by atoms with Crippen LogP contribution in [0, 0.1) is 19.8 Å². The summed E-state index contributed by atoms with van der Waals surface area (Å²) < 4.78 is 6.19. The molecule has 0 saturated heterocycles. The number of carbonyl (C=O) groups excluding carboxylic acids is 2. The van der Waals surface area contributed by atoms with Crippen molar-refractivity contribution in [2.24, 2.45) is 5.92 Å². The van der Waals surface area contributed by atoms with E-state index in [1.165, 1.54) is 5.56 Å². The molecule has 0 radical (unpaired) electrons. The first-order valence-corrected chi connectivity index (χ1v) is 11.2. The highest BCUT2D eigenvalue weighted by atomic mass is 16.5. The van der Waals surface area contributed by atoms with Gasteiger partial charge in [-0.3, -0.25) is 9.59 Å². The highest BCUT2D eigenvalue weighted by molar-refractivity contribution is 6.40. The number of aliphatic carboxylic acids is 1. The number of fused-ring (bicyclic) bond motifs is 1. The monoisotopic (exact) mass is 465 g/mol. The molecule has 0 saturated carbocycles. The van der Waals surface area contributed by atoms with Crippen molar-refractivity contribution in [3.05, 3.63) is 53.2 Å². The maximum atomic E-state index is 12.3. The molecule has 1 unspecified atom stereocenters. The first kappa shape index (κ1) is 24.8. The molecule has 180 valence electrons. The van der Waals surface area contributed by atoms with Crippen molar-refractivity contribution in [3.8, 4) is 11.5 Å². The fraction of sp³-hybridized carbons (Fsp3) is 0.346. The zero-order valence-electron chi connectivity index (χ0n) is 20.3. The molecule has 34 heavy (non-hydrogen) atoms. The van der Waals surface area contributed by atoms with Crippen LogP contribution in [0.25, 0.3) is 10.9 Å². The molecule has 8 nitrogen and oxygen atoms in total. The van der Waals surface area contributed by atoms with Crippen LogP contribution in [0.1, 0.15) is 50.3 Å². The van der Waals surface area contributed by atoms with Crippen LogP contribution in [-0.2, 0) is 14.4 Å². The van der Waals surface area contributed by atoms with E-state index >= 15 is 0 Å². The Labute approximate surface area is 198 Å². The Kier molecular flexibility index (Phi) is 7.29. The number of carboxylic acids is 1. The van der Waals surface area contributed by atoms with Crippen molar-refractivity contribution in [2.75, 3.05) is 5.32 Å². The number of carboxylic acid groups (broad SMARTS) is 1. The van der Waals surface area contributed by atoms with Gasteiger partial charge in [-0.1, -0.05) is 27.7 Å². The van der Waals surface area contributed by atoms with E-state index in [0.29, 0.717) is 23.1 Å². The summed E-state index contributed by atoms with van der Waals surface area (Å²) in [4.78, 5) is 39.1. The van der Waals surface area contributed by atoms with Gasteiger partial charge in [-0.15, -0.1) is 0 Å². The van der Waals surface area contributed by atoms with Gasteiger partial charge in [0.05, 0.1) is 0 Å². The van der Waals surface area contributed by atoms with Gasteiger partial charge in [0.25, 0.3) is 0 Å². The van der Waals surface area contributed by atoms with Crippen LogP contribution in [0.15, 0.2) is 36.5 Å². The summed E-state index contributed by atoms with van der Waals surface area (Å²) >= 11 is 0. The molecule has 3 rings (SSSR count). The Balaban J connectivity index is 1.77. The fourth-order valence-electron chi connectivity index (χ4n) is 3.87. The second kappa shape index (κ2) is 9.99. The van der Waals surface area contributed by atoms with E-state index in [-0.39, 0.29) is 5.92 Å². The molecule has 0 aliphatic rings. The summed E-state index contributed by atoms with van der Waals surface area (Å²) in [6, 6.07) is 8.16. The summed E-state index contributed by atoms with van der Waals surface area (Å²) in [6.45, 7) is 11.3. The lowest BCUT2D eigenvalue weighted by atomic mass is 10.0. The number of carbonyl (C=O) groups is 3. The van der Waals surface area contributed by atoms with Crippen molar-refractivity contribution >= 4 is 34.4 Å². The van der Waals surface area contributed by atoms with E-state index in [0.717, 1.165) is 22.0 Å². The van der Waals surface area contributed by atoms with Crippen LogP contribution in [0.2, 0.25) is 0 Å². The van der Waals surface area contributed by atoms with E-state index in [2.05, 4.69) is 29.5 Å². The number of aryl methyl sites for hydroxylation is 2. The molecule has 3 aromatic rings. The Hall–Kier alpha value is -3.81. The van der Waals surface area contributed by atoms with Crippen molar-refractivity contribution in [1.29, 1.82) is 0 Å². The van der Waals surface area contributed by atoms with Crippen molar-refractivity contribution in [3.63, 3.8) is 0 Å². The van der Waals surface area contributed by atoms with Gasteiger partial charge >= 0.3 is 17.8 Å². The number of nitrogens with one attached hydrogen (secondary N) is 3. The van der Waals surface area contributed by atoms with Gasteiger partial charge in [0.15, 0.2) is 0 Å². The van der Waals surface area contributed by atoms with Gasteiger partial charge in [-0.25, -0.2) is 4.79 Å². The topological polar surface area (TPSA) is 121 Å². The number of amides is 2. The van der Waals surface area contributed by atoms with Gasteiger partial charge in [-0.05, 0) is 72.7 Å². The van der Waals surface area contributed by atoms with Crippen LogP contribution < -0.4 is 15.4 Å². The number of ether oxygens (including phenoxy) is 1. The molecule has 1 atom stereocenters. The normalized spacial score (nSPS) is 12.1. The zero-order chi connectivity index (χ0) is 25.2. The molecule has 0 bridgehead atoms. The van der Waals surface area contributed by atoms with Crippen LogP contribution in [0.3, 0.4) is 0 Å². The number of rotatable bonds is 7. The van der Waals surface area contributed by atoms with E-state index in [9.17, 15) is 19.5 Å². The molecule has 2 amide bonds. The molecule has 0 aliphatic carbocycles. The van der Waals surface area contributed by atoms with E-state index in [1.807, 2.05) is 38.2 Å². The van der Waals surface area contributed by atoms with E-state index in [4.69, 9.17) is 4.74 Å². The molecule has 0 aliphatic heterocycles. The summed E-state index contributed by atoms with van der Waals surface area (Å²) in [7, 11) is 0. The molecule has 1 heterocycles. The SMILES string of the molecule is Cc1cc(NC(=O)C(=O)NC(C(=O)O)C(C)C)cc(C)c1Oc1ccc2[nH]cc(C(C)C)c2c1. The van der Waals surface area contributed by atoms with E-state index < -0.39 is 23.8 Å². The average molecular weight is 466 g/mol. The average Bonchev–Trinajstić information content (AvgIpc) is 3.17. The quantitative estimate of drug-likeness (QED) is 0.371. The number of benzene rings is 2. The largest absolute Gasteiger partial charge is 0.480 e. The Morgan fingerprint density at radius 1 is 0.971 bits per heavy atom. The molecular weight excluding hydrogens is 434 g/mol. The molecule has 1 aromatic heterocycles. The second-order valence-electron chi connectivity index (χ2n) is 9.13. The number of hydrogen-bond donors (Lipinski definition) is 4. The van der Waals surface area contributed by atoms with Gasteiger partial charge in [0.1, 0.15) is 17.5 Å². The minimum atomic E-state index is -1.19. The Morgan fingerprint density at radius 3 is 2.18 bits per heavy atom. The molecule has 0 spiro atoms. The van der Waals surface area contributed by atoms with E-state index in [1.54, 1.807) is 26.0 Å². The van der Waals surface area contributed by atoms with Gasteiger partial charge in [0, 0.05) is 22.8 Å². The molecule has 2 aromatic carbocycles. The van der Waals surface area contributed by atoms with Crippen LogP contribution in [-0.4, -0.2) is 33.9 Å². The molecule has 0 fully saturated rings. The van der Waals surface area contributed by atoms with Gasteiger partial charge in [-0.2, -0.15) is 0 Å². The van der Waals surface area contributed by atoms with Crippen LogP contribution in [0.4, 0.5) is 5.69 Å². The highest BCUT2D eigenvalue weighted by Gasteiger charge is 2.26. The van der Waals surface area contributed by atoms with Crippen LogP contribution in [0.5, 0.6) is 11.5 Å². The lowest BCUT2D eigenvalue weighted by Gasteiger charge is -2.18. The first-order chi connectivity index (χ1) is 16.0. The summed E-state index contributed by atoms with van der Waals surface area (Å²) in [5.74, 6) is -1.76. The molecular formula is C26H31N3O5. The number of aromatic nitrogens is 1. The number of anilines is 1. The highest BCUT2D eigenvalue weighted by Crippen LogP contribution is 2.34. The van der Waals surface area contributed by atoms with Gasteiger partial charge in [0.2, 0.25) is 0 Å². The van der Waals surface area contributed by atoms with Gasteiger partial charge < -0.3 is 25.5 Å². The number of hydrogen-bond acceptors (Lipinski definition) is 4. The lowest BCUT2D eigenvalue weighted by molar-refractivity contribution is -0.144. The fourth-order valence-corrected chi connectivity index (χ4v) is 3.87. The van der Waals surface area contributed by atoms with Crippen molar-refractivity contribution in [1.82, 2.24) is 10.3 Å². The predicted octanol–water partition coefficient (Wildman–Crippen LogP) is 4.86. The van der Waals surface area contributed by atoms with Crippen LogP contribution >= 0.6 is 0 Å². The minimum absolute atomic E-state index is 0.364. The minimum Gasteiger partial charge on any atom is -0.480 e. The maximum absolute atomic E-state index is 12.3. The summed E-state index contributed by atoms with van der Waals surface area (Å²) in [6.07, 6.45) is 2.02. The molecule has 4 N–H and O–H groups in total. The Morgan fingerprint density at radius 2 is 1.62 bits per heavy atom.